The standard InChI is InChI=1S/C25H31F2N5O7/c1-15(38-2)39-12-11-32-14-17(25(36)37)22(33)16-13-18(26)21(19(27)20(16)32)29-7-9-31(10-8-29)24(35)23(34)30-5-3-28-4-6-30/h13-15,28H,3-12H2,1-2H3,(H,36,37). The molecule has 39 heavy (non-hydrogen) atoms. The van der Waals surface area contributed by atoms with Crippen molar-refractivity contribution in [1.82, 2.24) is 19.7 Å². The van der Waals surface area contributed by atoms with E-state index >= 15 is 8.78 Å². The van der Waals surface area contributed by atoms with Gasteiger partial charge in [0, 0.05) is 72.2 Å². The largest absolute Gasteiger partial charge is 0.477 e. The Bertz CT molecular complexity index is 1320. The Kier molecular flexibility index (Phi) is 8.77. The van der Waals surface area contributed by atoms with E-state index in [1.54, 1.807) is 6.92 Å². The van der Waals surface area contributed by atoms with Gasteiger partial charge in [0.2, 0.25) is 5.43 Å². The van der Waals surface area contributed by atoms with Gasteiger partial charge in [-0.1, -0.05) is 0 Å². The summed E-state index contributed by atoms with van der Waals surface area (Å²) >= 11 is 0. The summed E-state index contributed by atoms with van der Waals surface area (Å²) in [5.41, 5.74) is -2.30. The molecule has 212 valence electrons. The summed E-state index contributed by atoms with van der Waals surface area (Å²) in [6.07, 6.45) is 0.432. The molecule has 2 aromatic rings. The van der Waals surface area contributed by atoms with Crippen molar-refractivity contribution in [2.24, 2.45) is 0 Å². The second kappa shape index (κ2) is 12.1. The van der Waals surface area contributed by atoms with E-state index < -0.39 is 57.8 Å². The number of hydrogen-bond acceptors (Lipinski definition) is 8. The van der Waals surface area contributed by atoms with Crippen molar-refractivity contribution in [2.75, 3.05) is 71.0 Å². The third-order valence-electron chi connectivity index (χ3n) is 6.95. The van der Waals surface area contributed by atoms with Crippen molar-refractivity contribution in [1.29, 1.82) is 0 Å². The lowest BCUT2D eigenvalue weighted by atomic mass is 10.1. The number of nitrogens with one attached hydrogen (secondary N) is 1. The summed E-state index contributed by atoms with van der Waals surface area (Å²) in [5, 5.41) is 12.2. The number of carboxylic acids is 1. The van der Waals surface area contributed by atoms with Crippen LogP contribution in [0.15, 0.2) is 17.1 Å². The Morgan fingerprint density at radius 2 is 1.67 bits per heavy atom. The maximum Gasteiger partial charge on any atom is 0.341 e. The Labute approximate surface area is 222 Å². The zero-order chi connectivity index (χ0) is 28.3. The number of aromatic nitrogens is 1. The van der Waals surface area contributed by atoms with Crippen LogP contribution in [0, 0.1) is 11.6 Å². The summed E-state index contributed by atoms with van der Waals surface area (Å²) in [4.78, 5) is 54.0. The molecular weight excluding hydrogens is 520 g/mol. The first-order valence-corrected chi connectivity index (χ1v) is 12.6. The van der Waals surface area contributed by atoms with Crippen LogP contribution in [-0.4, -0.2) is 110 Å². The van der Waals surface area contributed by atoms with Crippen molar-refractivity contribution in [2.45, 2.75) is 19.8 Å². The van der Waals surface area contributed by atoms with E-state index in [0.29, 0.717) is 26.2 Å². The fourth-order valence-electron chi connectivity index (χ4n) is 4.75. The number of anilines is 1. The Hall–Kier alpha value is -3.62. The molecule has 0 radical (unpaired) electrons. The number of piperazine rings is 2. The first kappa shape index (κ1) is 28.4. The molecule has 2 N–H and O–H groups in total. The number of ether oxygens (including phenoxy) is 2. The third-order valence-corrected chi connectivity index (χ3v) is 6.95. The van der Waals surface area contributed by atoms with Crippen LogP contribution in [0.2, 0.25) is 0 Å². The van der Waals surface area contributed by atoms with Gasteiger partial charge >= 0.3 is 17.8 Å². The number of methoxy groups -OCH3 is 1. The number of fused-ring (bicyclic) bond motifs is 1. The number of rotatable bonds is 7. The summed E-state index contributed by atoms with van der Waals surface area (Å²) in [6, 6.07) is 0.836. The van der Waals surface area contributed by atoms with E-state index in [1.807, 2.05) is 0 Å². The Balaban J connectivity index is 1.61. The maximum absolute atomic E-state index is 16.0. The zero-order valence-corrected chi connectivity index (χ0v) is 21.7. The van der Waals surface area contributed by atoms with Gasteiger partial charge in [0.15, 0.2) is 12.1 Å². The normalized spacial score (nSPS) is 17.0. The zero-order valence-electron chi connectivity index (χ0n) is 21.7. The van der Waals surface area contributed by atoms with Crippen molar-refractivity contribution >= 4 is 34.4 Å². The SMILES string of the molecule is COC(C)OCCn1cc(C(=O)O)c(=O)c2cc(F)c(N3CCN(C(=O)C(=O)N4CCNCC4)CC3)c(F)c21. The van der Waals surface area contributed by atoms with Crippen LogP contribution in [0.25, 0.3) is 10.9 Å². The predicted octanol–water partition coefficient (Wildman–Crippen LogP) is 0.0673. The lowest BCUT2D eigenvalue weighted by Crippen LogP contribution is -2.56. The topological polar surface area (TPSA) is 134 Å². The van der Waals surface area contributed by atoms with Gasteiger partial charge in [-0.05, 0) is 13.0 Å². The van der Waals surface area contributed by atoms with Crippen LogP contribution in [0.1, 0.15) is 17.3 Å². The van der Waals surface area contributed by atoms with Gasteiger partial charge in [-0.25, -0.2) is 13.6 Å². The fraction of sp³-hybridized carbons (Fsp3) is 0.520. The Morgan fingerprint density at radius 1 is 1.05 bits per heavy atom. The number of benzene rings is 1. The smallest absolute Gasteiger partial charge is 0.341 e. The van der Waals surface area contributed by atoms with Crippen molar-refractivity contribution in [3.05, 3.63) is 39.7 Å². The number of pyridine rings is 1. The molecule has 1 aromatic carbocycles. The molecule has 1 aromatic heterocycles. The number of nitrogens with zero attached hydrogens (tertiary/aromatic N) is 4. The molecule has 0 spiro atoms. The molecule has 3 heterocycles. The number of carbonyl (C=O) groups excluding carboxylic acids is 2. The third kappa shape index (κ3) is 5.87. The monoisotopic (exact) mass is 551 g/mol. The number of aromatic carboxylic acids is 1. The van der Waals surface area contributed by atoms with E-state index in [4.69, 9.17) is 9.47 Å². The van der Waals surface area contributed by atoms with Gasteiger partial charge in [-0.2, -0.15) is 0 Å². The molecule has 0 bridgehead atoms. The molecule has 0 saturated carbocycles. The van der Waals surface area contributed by atoms with Crippen LogP contribution in [-0.2, 0) is 25.6 Å². The molecule has 1 unspecified atom stereocenters. The van der Waals surface area contributed by atoms with Crippen molar-refractivity contribution < 1.29 is 37.7 Å². The molecule has 2 saturated heterocycles. The van der Waals surface area contributed by atoms with E-state index in [0.717, 1.165) is 12.3 Å². The number of carbonyl (C=O) groups is 3. The van der Waals surface area contributed by atoms with Crippen LogP contribution in [0.4, 0.5) is 14.5 Å². The summed E-state index contributed by atoms with van der Waals surface area (Å²) in [7, 11) is 1.44. The lowest BCUT2D eigenvalue weighted by Gasteiger charge is -2.37. The molecule has 14 heteroatoms. The molecule has 4 rings (SSSR count). The van der Waals surface area contributed by atoms with Crippen molar-refractivity contribution in [3.63, 3.8) is 0 Å². The van der Waals surface area contributed by atoms with Crippen LogP contribution >= 0.6 is 0 Å². The van der Waals surface area contributed by atoms with Gasteiger partial charge in [0.05, 0.1) is 17.5 Å². The molecule has 2 amide bonds. The highest BCUT2D eigenvalue weighted by molar-refractivity contribution is 6.35. The number of amides is 2. The predicted molar refractivity (Wildman–Crippen MR) is 136 cm³/mol. The number of carboxylic acid groups (broad SMARTS) is 1. The minimum absolute atomic E-state index is 0.0000800. The summed E-state index contributed by atoms with van der Waals surface area (Å²) in [5.74, 6) is -4.85. The first-order chi connectivity index (χ1) is 18.6. The quantitative estimate of drug-likeness (QED) is 0.362. The first-order valence-electron chi connectivity index (χ1n) is 12.6. The molecule has 12 nitrogen and oxygen atoms in total. The van der Waals surface area contributed by atoms with Gasteiger partial charge < -0.3 is 39.2 Å². The average Bonchev–Trinajstić information content (AvgIpc) is 2.94. The van der Waals surface area contributed by atoms with E-state index in [1.165, 1.54) is 26.4 Å². The average molecular weight is 552 g/mol. The summed E-state index contributed by atoms with van der Waals surface area (Å²) in [6.45, 7) is 3.90. The highest BCUT2D eigenvalue weighted by Gasteiger charge is 2.32. The summed E-state index contributed by atoms with van der Waals surface area (Å²) < 4.78 is 42.9. The van der Waals surface area contributed by atoms with Crippen molar-refractivity contribution in [3.8, 4) is 0 Å². The van der Waals surface area contributed by atoms with Crippen LogP contribution < -0.4 is 15.6 Å². The van der Waals surface area contributed by atoms with Gasteiger partial charge in [-0.3, -0.25) is 14.4 Å². The van der Waals surface area contributed by atoms with E-state index in [-0.39, 0.29) is 44.8 Å². The molecule has 2 fully saturated rings. The molecule has 1 atom stereocenters. The van der Waals surface area contributed by atoms with E-state index in [9.17, 15) is 24.3 Å². The van der Waals surface area contributed by atoms with Crippen LogP contribution in [0.5, 0.6) is 0 Å². The van der Waals surface area contributed by atoms with Gasteiger partial charge in [0.1, 0.15) is 17.1 Å². The minimum Gasteiger partial charge on any atom is -0.477 e. The number of halogens is 2. The molecular formula is C25H31F2N5O7. The second-order valence-electron chi connectivity index (χ2n) is 9.28. The van der Waals surface area contributed by atoms with Gasteiger partial charge in [0.25, 0.3) is 0 Å². The highest BCUT2D eigenvalue weighted by Crippen LogP contribution is 2.31. The Morgan fingerprint density at radius 3 is 2.26 bits per heavy atom. The second-order valence-corrected chi connectivity index (χ2v) is 9.28. The van der Waals surface area contributed by atoms with Gasteiger partial charge in [-0.15, -0.1) is 0 Å². The lowest BCUT2D eigenvalue weighted by molar-refractivity contribution is -0.152. The van der Waals surface area contributed by atoms with Crippen LogP contribution in [0.3, 0.4) is 0 Å². The highest BCUT2D eigenvalue weighted by atomic mass is 19.1. The fourth-order valence-corrected chi connectivity index (χ4v) is 4.75. The van der Waals surface area contributed by atoms with E-state index in [2.05, 4.69) is 5.32 Å². The minimum atomic E-state index is -1.53. The molecule has 2 aliphatic rings. The maximum atomic E-state index is 16.0. The number of hydrogen-bond donors (Lipinski definition) is 2. The molecule has 0 aliphatic carbocycles. The molecule has 2 aliphatic heterocycles.